The van der Waals surface area contributed by atoms with Crippen LogP contribution < -0.4 is 5.32 Å². The largest absolute Gasteiger partial charge is 0.319 e. The number of hydrogen-bond acceptors (Lipinski definition) is 2. The molecule has 0 aromatic carbocycles. The molecule has 2 fully saturated rings. The van der Waals surface area contributed by atoms with Gasteiger partial charge < -0.3 is 10.2 Å². The van der Waals surface area contributed by atoms with Crippen LogP contribution in [-0.4, -0.2) is 37.6 Å². The average Bonchev–Trinajstić information content (AvgIpc) is 2.53. The first kappa shape index (κ1) is 11.4. The van der Waals surface area contributed by atoms with Gasteiger partial charge in [-0.3, -0.25) is 0 Å². The van der Waals surface area contributed by atoms with Crippen molar-refractivity contribution in [1.29, 1.82) is 0 Å². The summed E-state index contributed by atoms with van der Waals surface area (Å²) in [6, 6.07) is 0.918. The van der Waals surface area contributed by atoms with Gasteiger partial charge in [0.1, 0.15) is 0 Å². The molecule has 1 aliphatic carbocycles. The maximum absolute atomic E-state index is 3.33. The third kappa shape index (κ3) is 3.18. The summed E-state index contributed by atoms with van der Waals surface area (Å²) < 4.78 is 0. The third-order valence-corrected chi connectivity index (χ3v) is 4.16. The zero-order valence-electron chi connectivity index (χ0n) is 10.2. The SMILES string of the molecule is CNCC1CCC(N2CCCCCC2)C1. The molecular weight excluding hydrogens is 184 g/mol. The minimum Gasteiger partial charge on any atom is -0.319 e. The molecule has 2 heteroatoms. The fraction of sp³-hybridized carbons (Fsp3) is 1.00. The molecule has 2 nitrogen and oxygen atoms in total. The van der Waals surface area contributed by atoms with Gasteiger partial charge in [-0.25, -0.2) is 0 Å². The lowest BCUT2D eigenvalue weighted by Crippen LogP contribution is -2.34. The van der Waals surface area contributed by atoms with Gasteiger partial charge in [-0.05, 0) is 64.7 Å². The van der Waals surface area contributed by atoms with Crippen molar-refractivity contribution < 1.29 is 0 Å². The highest BCUT2D eigenvalue weighted by Gasteiger charge is 2.28. The Balaban J connectivity index is 1.78. The lowest BCUT2D eigenvalue weighted by molar-refractivity contribution is 0.202. The lowest BCUT2D eigenvalue weighted by atomic mass is 10.1. The molecule has 15 heavy (non-hydrogen) atoms. The van der Waals surface area contributed by atoms with Gasteiger partial charge in [0, 0.05) is 6.04 Å². The average molecular weight is 210 g/mol. The van der Waals surface area contributed by atoms with Crippen LogP contribution in [0.15, 0.2) is 0 Å². The summed E-state index contributed by atoms with van der Waals surface area (Å²) in [5.74, 6) is 0.947. The molecule has 0 bridgehead atoms. The Morgan fingerprint density at radius 2 is 1.80 bits per heavy atom. The normalized spacial score (nSPS) is 34.2. The van der Waals surface area contributed by atoms with Crippen LogP contribution in [0.3, 0.4) is 0 Å². The van der Waals surface area contributed by atoms with Crippen LogP contribution in [0.4, 0.5) is 0 Å². The summed E-state index contributed by atoms with van der Waals surface area (Å²) >= 11 is 0. The van der Waals surface area contributed by atoms with Gasteiger partial charge in [0.05, 0.1) is 0 Å². The van der Waals surface area contributed by atoms with Crippen molar-refractivity contribution >= 4 is 0 Å². The Morgan fingerprint density at radius 1 is 1.07 bits per heavy atom. The van der Waals surface area contributed by atoms with E-state index >= 15 is 0 Å². The maximum atomic E-state index is 3.33. The predicted octanol–water partition coefficient (Wildman–Crippen LogP) is 2.25. The van der Waals surface area contributed by atoms with Crippen LogP contribution in [0.1, 0.15) is 44.9 Å². The van der Waals surface area contributed by atoms with Crippen LogP contribution in [0, 0.1) is 5.92 Å². The van der Waals surface area contributed by atoms with Crippen LogP contribution >= 0.6 is 0 Å². The summed E-state index contributed by atoms with van der Waals surface area (Å²) in [6.45, 7) is 3.97. The van der Waals surface area contributed by atoms with Crippen molar-refractivity contribution in [2.75, 3.05) is 26.7 Å². The molecular formula is C13H26N2. The Labute approximate surface area is 94.4 Å². The first-order valence-corrected chi connectivity index (χ1v) is 6.79. The van der Waals surface area contributed by atoms with E-state index in [9.17, 15) is 0 Å². The van der Waals surface area contributed by atoms with Gasteiger partial charge in [-0.1, -0.05) is 12.8 Å². The monoisotopic (exact) mass is 210 g/mol. The van der Waals surface area contributed by atoms with Crippen LogP contribution in [0.2, 0.25) is 0 Å². The minimum absolute atomic E-state index is 0.918. The maximum Gasteiger partial charge on any atom is 0.00984 e. The summed E-state index contributed by atoms with van der Waals surface area (Å²) in [5, 5.41) is 3.33. The molecule has 0 amide bonds. The summed E-state index contributed by atoms with van der Waals surface area (Å²) in [4.78, 5) is 2.78. The highest BCUT2D eigenvalue weighted by molar-refractivity contribution is 4.84. The van der Waals surface area contributed by atoms with E-state index in [1.807, 2.05) is 0 Å². The smallest absolute Gasteiger partial charge is 0.00984 e. The number of nitrogens with zero attached hydrogens (tertiary/aromatic N) is 1. The standard InChI is InChI=1S/C13H26N2/c1-14-11-12-6-7-13(10-12)15-8-4-2-3-5-9-15/h12-14H,2-11H2,1H3. The molecule has 1 saturated heterocycles. The summed E-state index contributed by atoms with van der Waals surface area (Å²) in [5.41, 5.74) is 0. The minimum atomic E-state index is 0.918. The van der Waals surface area contributed by atoms with E-state index in [1.165, 1.54) is 64.6 Å². The second-order valence-electron chi connectivity index (χ2n) is 5.34. The van der Waals surface area contributed by atoms with E-state index in [0.29, 0.717) is 0 Å². The van der Waals surface area contributed by atoms with Crippen molar-refractivity contribution in [2.24, 2.45) is 5.92 Å². The number of nitrogens with one attached hydrogen (secondary N) is 1. The molecule has 0 aromatic heterocycles. The third-order valence-electron chi connectivity index (χ3n) is 4.16. The summed E-state index contributed by atoms with van der Waals surface area (Å²) in [6.07, 6.45) is 10.1. The van der Waals surface area contributed by atoms with E-state index in [2.05, 4.69) is 17.3 Å². The molecule has 1 N–H and O–H groups in total. The van der Waals surface area contributed by atoms with E-state index in [1.54, 1.807) is 0 Å². The van der Waals surface area contributed by atoms with Crippen molar-refractivity contribution in [1.82, 2.24) is 10.2 Å². The Kier molecular flexibility index (Phi) is 4.45. The quantitative estimate of drug-likeness (QED) is 0.768. The Morgan fingerprint density at radius 3 is 2.47 bits per heavy atom. The highest BCUT2D eigenvalue weighted by atomic mass is 15.2. The second-order valence-corrected chi connectivity index (χ2v) is 5.34. The van der Waals surface area contributed by atoms with Gasteiger partial charge in [0.15, 0.2) is 0 Å². The number of hydrogen-bond donors (Lipinski definition) is 1. The lowest BCUT2D eigenvalue weighted by Gasteiger charge is -2.27. The first-order chi connectivity index (χ1) is 7.40. The second kappa shape index (κ2) is 5.86. The molecule has 88 valence electrons. The van der Waals surface area contributed by atoms with Crippen LogP contribution in [-0.2, 0) is 0 Å². The van der Waals surface area contributed by atoms with Crippen molar-refractivity contribution in [2.45, 2.75) is 51.0 Å². The number of likely N-dealkylation sites (tertiary alicyclic amines) is 1. The topological polar surface area (TPSA) is 15.3 Å². The van der Waals surface area contributed by atoms with Gasteiger partial charge in [0.2, 0.25) is 0 Å². The molecule has 0 aromatic rings. The molecule has 1 aliphatic heterocycles. The molecule has 2 rings (SSSR count). The van der Waals surface area contributed by atoms with E-state index in [0.717, 1.165) is 12.0 Å². The zero-order chi connectivity index (χ0) is 10.5. The molecule has 1 saturated carbocycles. The summed E-state index contributed by atoms with van der Waals surface area (Å²) in [7, 11) is 2.08. The zero-order valence-corrected chi connectivity index (χ0v) is 10.2. The van der Waals surface area contributed by atoms with Crippen molar-refractivity contribution in [3.05, 3.63) is 0 Å². The molecule has 1 heterocycles. The highest BCUT2D eigenvalue weighted by Crippen LogP contribution is 2.30. The van der Waals surface area contributed by atoms with E-state index in [4.69, 9.17) is 0 Å². The Hall–Kier alpha value is -0.0800. The fourth-order valence-electron chi connectivity index (χ4n) is 3.31. The molecule has 2 atom stereocenters. The predicted molar refractivity (Wildman–Crippen MR) is 65.1 cm³/mol. The first-order valence-electron chi connectivity index (χ1n) is 6.79. The molecule has 0 radical (unpaired) electrons. The van der Waals surface area contributed by atoms with Crippen LogP contribution in [0.25, 0.3) is 0 Å². The van der Waals surface area contributed by atoms with Gasteiger partial charge in [-0.15, -0.1) is 0 Å². The van der Waals surface area contributed by atoms with Gasteiger partial charge in [0.25, 0.3) is 0 Å². The molecule has 0 spiro atoms. The van der Waals surface area contributed by atoms with Crippen molar-refractivity contribution in [3.63, 3.8) is 0 Å². The van der Waals surface area contributed by atoms with Gasteiger partial charge in [-0.2, -0.15) is 0 Å². The van der Waals surface area contributed by atoms with E-state index in [-0.39, 0.29) is 0 Å². The van der Waals surface area contributed by atoms with Crippen molar-refractivity contribution in [3.8, 4) is 0 Å². The van der Waals surface area contributed by atoms with Gasteiger partial charge >= 0.3 is 0 Å². The molecule has 2 unspecified atom stereocenters. The fourth-order valence-corrected chi connectivity index (χ4v) is 3.31. The molecule has 2 aliphatic rings. The Bertz CT molecular complexity index is 173. The van der Waals surface area contributed by atoms with Crippen LogP contribution in [0.5, 0.6) is 0 Å². The number of rotatable bonds is 3. The van der Waals surface area contributed by atoms with E-state index < -0.39 is 0 Å².